The van der Waals surface area contributed by atoms with Gasteiger partial charge in [-0.2, -0.15) is 0 Å². The molecule has 1 aliphatic rings. The number of hydrogen-bond donors (Lipinski definition) is 1. The maximum Gasteiger partial charge on any atom is 0.324 e. The van der Waals surface area contributed by atoms with Gasteiger partial charge in [-0.15, -0.1) is 0 Å². The van der Waals surface area contributed by atoms with Crippen LogP contribution in [0.2, 0.25) is 0 Å². The molecule has 1 aromatic heterocycles. The van der Waals surface area contributed by atoms with Crippen LogP contribution in [0.15, 0.2) is 12.1 Å². The summed E-state index contributed by atoms with van der Waals surface area (Å²) in [6.07, 6.45) is 6.10. The number of hydrogen-bond acceptors (Lipinski definition) is 4. The number of nitrogens with zero attached hydrogens (tertiary/aromatic N) is 1. The summed E-state index contributed by atoms with van der Waals surface area (Å²) in [5.41, 5.74) is 6.17. The Morgan fingerprint density at radius 2 is 2.06 bits per heavy atom. The molecule has 1 atom stereocenters. The molecule has 1 aliphatic carbocycles. The summed E-state index contributed by atoms with van der Waals surface area (Å²) < 4.78 is 0. The van der Waals surface area contributed by atoms with Gasteiger partial charge in [0.15, 0.2) is 0 Å². The van der Waals surface area contributed by atoms with Crippen LogP contribution in [-0.2, 0) is 0 Å². The molecule has 2 N–H and O–H groups in total. The van der Waals surface area contributed by atoms with Gasteiger partial charge >= 0.3 is 5.00 Å². The van der Waals surface area contributed by atoms with Gasteiger partial charge in [0.25, 0.3) is 0 Å². The fourth-order valence-electron chi connectivity index (χ4n) is 2.35. The SMILES string of the molecule is N[C@H](c1ccc([N+](=O)[O-])s1)C1CCCCC1. The van der Waals surface area contributed by atoms with E-state index in [1.807, 2.05) is 6.07 Å². The lowest BCUT2D eigenvalue weighted by atomic mass is 9.84. The molecule has 0 bridgehead atoms. The van der Waals surface area contributed by atoms with Crippen LogP contribution in [0.5, 0.6) is 0 Å². The predicted molar refractivity (Wildman–Crippen MR) is 64.5 cm³/mol. The highest BCUT2D eigenvalue weighted by atomic mass is 32.1. The summed E-state index contributed by atoms with van der Waals surface area (Å²) in [5, 5.41) is 10.8. The first-order valence-electron chi connectivity index (χ1n) is 5.68. The van der Waals surface area contributed by atoms with Crippen molar-refractivity contribution in [1.29, 1.82) is 0 Å². The van der Waals surface area contributed by atoms with E-state index in [-0.39, 0.29) is 16.0 Å². The van der Waals surface area contributed by atoms with Gasteiger partial charge in [0.1, 0.15) is 0 Å². The Balaban J connectivity index is 2.07. The molecule has 0 radical (unpaired) electrons. The van der Waals surface area contributed by atoms with Crippen molar-refractivity contribution in [1.82, 2.24) is 0 Å². The van der Waals surface area contributed by atoms with Crippen LogP contribution < -0.4 is 5.73 Å². The Bertz CT molecular complexity index is 372. The third-order valence-corrected chi connectivity index (χ3v) is 4.42. The first-order valence-corrected chi connectivity index (χ1v) is 6.50. The van der Waals surface area contributed by atoms with Gasteiger partial charge < -0.3 is 5.73 Å². The summed E-state index contributed by atoms with van der Waals surface area (Å²) >= 11 is 1.22. The van der Waals surface area contributed by atoms with E-state index >= 15 is 0 Å². The molecule has 0 aromatic carbocycles. The average molecular weight is 240 g/mol. The highest BCUT2D eigenvalue weighted by Crippen LogP contribution is 2.37. The van der Waals surface area contributed by atoms with Crippen LogP contribution in [0.4, 0.5) is 5.00 Å². The molecule has 5 heteroatoms. The zero-order valence-corrected chi connectivity index (χ0v) is 9.91. The van der Waals surface area contributed by atoms with E-state index in [0.29, 0.717) is 5.92 Å². The molecular weight excluding hydrogens is 224 g/mol. The van der Waals surface area contributed by atoms with E-state index in [1.165, 1.54) is 30.6 Å². The fourth-order valence-corrected chi connectivity index (χ4v) is 3.26. The average Bonchev–Trinajstić information content (AvgIpc) is 2.78. The van der Waals surface area contributed by atoms with E-state index < -0.39 is 0 Å². The molecule has 1 fully saturated rings. The van der Waals surface area contributed by atoms with Crippen molar-refractivity contribution in [3.63, 3.8) is 0 Å². The molecule has 1 saturated carbocycles. The quantitative estimate of drug-likeness (QED) is 0.651. The monoisotopic (exact) mass is 240 g/mol. The van der Waals surface area contributed by atoms with E-state index in [0.717, 1.165) is 17.7 Å². The Kier molecular flexibility index (Phi) is 3.56. The maximum absolute atomic E-state index is 10.6. The molecular formula is C11H16N2O2S. The number of nitro groups is 1. The summed E-state index contributed by atoms with van der Waals surface area (Å²) in [7, 11) is 0. The minimum absolute atomic E-state index is 0.0148. The van der Waals surface area contributed by atoms with Crippen LogP contribution >= 0.6 is 11.3 Å². The highest BCUT2D eigenvalue weighted by molar-refractivity contribution is 7.15. The van der Waals surface area contributed by atoms with Gasteiger partial charge in [-0.3, -0.25) is 10.1 Å². The van der Waals surface area contributed by atoms with Crippen LogP contribution in [0.1, 0.15) is 43.0 Å². The van der Waals surface area contributed by atoms with Crippen molar-refractivity contribution in [2.24, 2.45) is 11.7 Å². The van der Waals surface area contributed by atoms with Gasteiger partial charge in [0.05, 0.1) is 4.92 Å². The molecule has 16 heavy (non-hydrogen) atoms. The minimum atomic E-state index is -0.345. The second-order valence-electron chi connectivity index (χ2n) is 4.36. The minimum Gasteiger partial charge on any atom is -0.323 e. The van der Waals surface area contributed by atoms with E-state index in [4.69, 9.17) is 5.73 Å². The maximum atomic E-state index is 10.6. The largest absolute Gasteiger partial charge is 0.324 e. The smallest absolute Gasteiger partial charge is 0.323 e. The van der Waals surface area contributed by atoms with Crippen molar-refractivity contribution >= 4 is 16.3 Å². The Morgan fingerprint density at radius 3 is 2.62 bits per heavy atom. The molecule has 1 heterocycles. The lowest BCUT2D eigenvalue weighted by Crippen LogP contribution is -2.22. The van der Waals surface area contributed by atoms with Crippen molar-refractivity contribution in [3.05, 3.63) is 27.1 Å². The van der Waals surface area contributed by atoms with Crippen LogP contribution in [0.3, 0.4) is 0 Å². The molecule has 0 spiro atoms. The number of thiophene rings is 1. The summed E-state index contributed by atoms with van der Waals surface area (Å²) in [6, 6.07) is 3.35. The van der Waals surface area contributed by atoms with Gasteiger partial charge in [-0.1, -0.05) is 30.6 Å². The molecule has 0 aliphatic heterocycles. The number of nitrogens with two attached hydrogens (primary N) is 1. The van der Waals surface area contributed by atoms with Gasteiger partial charge in [-0.05, 0) is 24.8 Å². The third kappa shape index (κ3) is 2.41. The van der Waals surface area contributed by atoms with Crippen molar-refractivity contribution in [2.45, 2.75) is 38.1 Å². The van der Waals surface area contributed by atoms with Gasteiger partial charge in [-0.25, -0.2) is 0 Å². The van der Waals surface area contributed by atoms with Crippen LogP contribution in [0, 0.1) is 16.0 Å². The lowest BCUT2D eigenvalue weighted by Gasteiger charge is -2.26. The Hall–Kier alpha value is -0.940. The Morgan fingerprint density at radius 1 is 1.38 bits per heavy atom. The predicted octanol–water partition coefficient (Wildman–Crippen LogP) is 3.24. The standard InChI is InChI=1S/C11H16N2O2S/c12-11(8-4-2-1-3-5-8)9-6-7-10(16-9)13(14)15/h6-8,11H,1-5,12H2/t11-/m0/s1. The van der Waals surface area contributed by atoms with Gasteiger partial charge in [0.2, 0.25) is 0 Å². The first-order chi connectivity index (χ1) is 7.68. The van der Waals surface area contributed by atoms with Crippen molar-refractivity contribution in [3.8, 4) is 0 Å². The summed E-state index contributed by atoms with van der Waals surface area (Å²) in [6.45, 7) is 0. The molecule has 0 unspecified atom stereocenters. The second kappa shape index (κ2) is 4.93. The lowest BCUT2D eigenvalue weighted by molar-refractivity contribution is -0.380. The molecule has 1 aromatic rings. The summed E-state index contributed by atoms with van der Waals surface area (Å²) in [4.78, 5) is 11.2. The highest BCUT2D eigenvalue weighted by Gasteiger charge is 2.24. The third-order valence-electron chi connectivity index (χ3n) is 3.28. The van der Waals surface area contributed by atoms with Gasteiger partial charge in [0, 0.05) is 17.0 Å². The normalized spacial score (nSPS) is 19.6. The molecule has 2 rings (SSSR count). The molecule has 4 nitrogen and oxygen atoms in total. The Labute approximate surface area is 98.6 Å². The summed E-state index contributed by atoms with van der Waals surface area (Å²) in [5.74, 6) is 0.506. The zero-order valence-electron chi connectivity index (χ0n) is 9.09. The molecule has 0 amide bonds. The first kappa shape index (κ1) is 11.5. The zero-order chi connectivity index (χ0) is 11.5. The molecule has 88 valence electrons. The van der Waals surface area contributed by atoms with E-state index in [1.54, 1.807) is 6.07 Å². The topological polar surface area (TPSA) is 69.2 Å². The van der Waals surface area contributed by atoms with Crippen LogP contribution in [-0.4, -0.2) is 4.92 Å². The van der Waals surface area contributed by atoms with E-state index in [2.05, 4.69) is 0 Å². The van der Waals surface area contributed by atoms with Crippen LogP contribution in [0.25, 0.3) is 0 Å². The van der Waals surface area contributed by atoms with Crippen molar-refractivity contribution in [2.75, 3.05) is 0 Å². The van der Waals surface area contributed by atoms with E-state index in [9.17, 15) is 10.1 Å². The number of rotatable bonds is 3. The van der Waals surface area contributed by atoms with Crippen molar-refractivity contribution < 1.29 is 4.92 Å². The second-order valence-corrected chi connectivity index (χ2v) is 5.45. The molecule has 0 saturated heterocycles. The fraction of sp³-hybridized carbons (Fsp3) is 0.636.